The molecule has 16 nitrogen and oxygen atoms in total. The number of nitrogens with one attached hydrogen (secondary N) is 1. The van der Waals surface area contributed by atoms with E-state index in [-0.39, 0.29) is 70.3 Å². The Bertz CT molecular complexity index is 2890. The van der Waals surface area contributed by atoms with Crippen molar-refractivity contribution in [3.63, 3.8) is 0 Å². The normalized spacial score (nSPS) is 21.5. The second kappa shape index (κ2) is 24.5. The number of carbonyl (C=O) groups excluding carboxylic acids is 2. The van der Waals surface area contributed by atoms with E-state index in [2.05, 4.69) is 18.0 Å². The zero-order valence-electron chi connectivity index (χ0n) is 41.7. The Morgan fingerprint density at radius 3 is 2.31 bits per heavy atom. The number of fused-ring (bicyclic) bond motifs is 3. The third kappa shape index (κ3) is 12.1. The van der Waals surface area contributed by atoms with Crippen LogP contribution < -0.4 is 24.3 Å². The molecule has 4 aliphatic rings. The van der Waals surface area contributed by atoms with Crippen LogP contribution in [-0.2, 0) is 34.1 Å². The number of non-ortho nitro benzene ring substituents is 1. The van der Waals surface area contributed by atoms with Gasteiger partial charge in [-0.1, -0.05) is 96.9 Å². The molecular weight excluding hydrogens is 957 g/mol. The van der Waals surface area contributed by atoms with E-state index in [1.807, 2.05) is 84.9 Å². The first-order chi connectivity index (χ1) is 36.7. The maximum Gasteiger partial charge on any atom is 0.412 e. The maximum atomic E-state index is 15.4. The number of nitro benzene ring substituents is 1. The average molecular weight is 1020 g/mol. The Kier molecular flexibility index (Phi) is 17.0. The molecule has 5 aromatic carbocycles. The Balaban J connectivity index is 1.21. The number of oxime groups is 1. The number of hydrogen-bond acceptors (Lipinski definition) is 13. The fraction of sp³-hybridized carbons (Fsp3) is 0.339. The summed E-state index contributed by atoms with van der Waals surface area (Å²) in [5, 5.41) is 39.5. The van der Waals surface area contributed by atoms with Crippen molar-refractivity contribution in [2.45, 2.75) is 82.4 Å². The summed E-state index contributed by atoms with van der Waals surface area (Å²) in [6, 6.07) is 35.1. The number of benzene rings is 5. The van der Waals surface area contributed by atoms with E-state index in [0.717, 1.165) is 40.7 Å². The number of hydrogen-bond donors (Lipinski definition) is 3. The zero-order chi connectivity index (χ0) is 52.2. The topological polar surface area (TPSA) is 201 Å². The van der Waals surface area contributed by atoms with E-state index >= 15 is 4.79 Å². The van der Waals surface area contributed by atoms with Crippen LogP contribution in [0.25, 0.3) is 6.08 Å². The zero-order valence-corrected chi connectivity index (χ0v) is 41.7. The molecule has 0 unspecified atom stereocenters. The highest BCUT2D eigenvalue weighted by molar-refractivity contribution is 6.03. The third-order valence-electron chi connectivity index (χ3n) is 14.4. The lowest BCUT2D eigenvalue weighted by Gasteiger charge is -2.60. The van der Waals surface area contributed by atoms with Crippen LogP contribution in [0.2, 0.25) is 0 Å². The Morgan fingerprint density at radius 1 is 0.853 bits per heavy atom. The first-order valence-electron chi connectivity index (χ1n) is 25.5. The summed E-state index contributed by atoms with van der Waals surface area (Å²) >= 11 is 0. The van der Waals surface area contributed by atoms with E-state index in [4.69, 9.17) is 33.7 Å². The molecule has 1 saturated carbocycles. The summed E-state index contributed by atoms with van der Waals surface area (Å²) in [7, 11) is 0. The van der Waals surface area contributed by atoms with Crippen molar-refractivity contribution in [2.24, 2.45) is 22.9 Å². The number of amides is 2. The molecule has 9 rings (SSSR count). The van der Waals surface area contributed by atoms with E-state index in [1.54, 1.807) is 41.3 Å². The van der Waals surface area contributed by atoms with Gasteiger partial charge in [-0.05, 0) is 114 Å². The van der Waals surface area contributed by atoms with Gasteiger partial charge in [-0.2, -0.15) is 0 Å². The number of unbranched alkanes of at least 4 members (excludes halogenated alkanes) is 2. The van der Waals surface area contributed by atoms with Gasteiger partial charge in [0.25, 0.3) is 5.69 Å². The van der Waals surface area contributed by atoms with Gasteiger partial charge in [0, 0.05) is 62.4 Å². The maximum absolute atomic E-state index is 15.4. The van der Waals surface area contributed by atoms with Gasteiger partial charge in [-0.3, -0.25) is 14.9 Å². The van der Waals surface area contributed by atoms with Crippen LogP contribution in [0.5, 0.6) is 23.0 Å². The average Bonchev–Trinajstić information content (AvgIpc) is 3.98. The summed E-state index contributed by atoms with van der Waals surface area (Å²) in [5.41, 5.74) is 5.23. The fourth-order valence-electron chi connectivity index (χ4n) is 10.9. The number of nitro groups is 1. The summed E-state index contributed by atoms with van der Waals surface area (Å²) in [5.74, 6) is -1.39. The highest BCUT2D eigenvalue weighted by Gasteiger charge is 2.65. The van der Waals surface area contributed by atoms with Crippen molar-refractivity contribution >= 4 is 29.5 Å². The minimum absolute atomic E-state index is 0.0151. The summed E-state index contributed by atoms with van der Waals surface area (Å²) in [6.45, 7) is 4.68. The van der Waals surface area contributed by atoms with Crippen LogP contribution in [0.1, 0.15) is 78.7 Å². The van der Waals surface area contributed by atoms with E-state index in [9.17, 15) is 25.1 Å². The minimum atomic E-state index is -1.62. The SMILES string of the molecule is C=CCO[C@@]12Oc3ccc(OC(=O)NCc4ccccc4)cc3[C@H]3[C@H](CCCCO)[C@@H](CCCCO)C=C(C(=NOCc4ccccc4)C[C@@H]1N(Cc1ccc4c(c1)OCO4)C(=O)C=Cc1ccc([N+](=O)[O-])cc1)[C@H]32. The molecule has 5 aromatic rings. The van der Waals surface area contributed by atoms with Crippen molar-refractivity contribution in [3.8, 4) is 23.0 Å². The number of rotatable bonds is 23. The molecule has 0 aromatic heterocycles. The molecule has 16 heteroatoms. The van der Waals surface area contributed by atoms with Crippen LogP contribution in [0, 0.1) is 27.9 Å². The van der Waals surface area contributed by atoms with Gasteiger partial charge < -0.3 is 49.0 Å². The van der Waals surface area contributed by atoms with E-state index < -0.39 is 40.6 Å². The van der Waals surface area contributed by atoms with Crippen LogP contribution in [0.3, 0.4) is 0 Å². The van der Waals surface area contributed by atoms with Crippen molar-refractivity contribution in [3.05, 3.63) is 190 Å². The van der Waals surface area contributed by atoms with Gasteiger partial charge in [-0.25, -0.2) is 4.79 Å². The smallest absolute Gasteiger partial charge is 0.412 e. The number of aliphatic hydroxyl groups is 2. The van der Waals surface area contributed by atoms with E-state index in [0.29, 0.717) is 60.0 Å². The number of ether oxygens (including phenoxy) is 5. The first kappa shape index (κ1) is 52.1. The van der Waals surface area contributed by atoms with Crippen LogP contribution in [0.4, 0.5) is 10.5 Å². The lowest BCUT2D eigenvalue weighted by molar-refractivity contribution is -0.384. The molecule has 0 saturated heterocycles. The number of aliphatic hydroxyl groups excluding tert-OH is 2. The predicted octanol–water partition coefficient (Wildman–Crippen LogP) is 10.2. The molecular formula is C59H62N4O12. The molecule has 2 heterocycles. The van der Waals surface area contributed by atoms with Crippen LogP contribution in [-0.4, -0.2) is 76.2 Å². The first-order valence-corrected chi connectivity index (χ1v) is 25.5. The fourth-order valence-corrected chi connectivity index (χ4v) is 10.9. The molecule has 390 valence electrons. The number of carbonyl (C=O) groups is 2. The van der Waals surface area contributed by atoms with E-state index in [1.165, 1.54) is 18.2 Å². The molecule has 1 fully saturated rings. The largest absolute Gasteiger partial charge is 0.459 e. The predicted molar refractivity (Wildman–Crippen MR) is 281 cm³/mol. The third-order valence-corrected chi connectivity index (χ3v) is 14.4. The van der Waals surface area contributed by atoms with Gasteiger partial charge in [0.05, 0.1) is 23.2 Å². The van der Waals surface area contributed by atoms with Gasteiger partial charge in [-0.15, -0.1) is 6.58 Å². The van der Waals surface area contributed by atoms with Crippen molar-refractivity contribution in [2.75, 3.05) is 26.6 Å². The van der Waals surface area contributed by atoms with Gasteiger partial charge in [0.1, 0.15) is 24.1 Å². The standard InChI is InChI=1S/C59H62N4O12/c1-2-31-72-59-54(62(37-43-21-26-52-53(32-43)71-39-70-52)55(66)28-22-40-19-23-45(24-20-40)63(68)69)35-50(61-73-38-42-15-7-4-8-16-42)48-33-44(17-9-11-29-64)47(18-10-12-30-65)56(57(48)59)49-34-46(25-27-51(49)75-59)74-58(67)60-36-41-13-5-3-6-14-41/h2-8,13-16,19-28,32-34,44,47,54,56-57,64-65H,1,9-12,17-18,29-31,35-39H2,(H,60,67)/t44-,47+,54-,56+,57+,59+/m0/s1. The molecule has 0 spiro atoms. The summed E-state index contributed by atoms with van der Waals surface area (Å²) < 4.78 is 32.1. The lowest BCUT2D eigenvalue weighted by atomic mass is 9.55. The van der Waals surface area contributed by atoms with Gasteiger partial charge >= 0.3 is 6.09 Å². The molecule has 3 N–H and O–H groups in total. The molecule has 75 heavy (non-hydrogen) atoms. The molecule has 2 amide bonds. The quantitative estimate of drug-likeness (QED) is 0.0184. The molecule has 6 atom stereocenters. The second-order valence-electron chi connectivity index (χ2n) is 19.1. The number of allylic oxidation sites excluding steroid dienone is 1. The summed E-state index contributed by atoms with van der Waals surface area (Å²) in [6.07, 6.45) is 10.5. The van der Waals surface area contributed by atoms with Crippen LogP contribution >= 0.6 is 0 Å². The van der Waals surface area contributed by atoms with Crippen molar-refractivity contribution in [1.29, 1.82) is 0 Å². The molecule has 2 aliphatic heterocycles. The highest BCUT2D eigenvalue weighted by atomic mass is 16.7. The molecule has 0 bridgehead atoms. The lowest BCUT2D eigenvalue weighted by Crippen LogP contribution is -2.70. The minimum Gasteiger partial charge on any atom is -0.459 e. The summed E-state index contributed by atoms with van der Waals surface area (Å²) in [4.78, 5) is 47.9. The molecule has 2 aliphatic carbocycles. The van der Waals surface area contributed by atoms with Crippen molar-refractivity contribution < 1.29 is 53.2 Å². The second-order valence-corrected chi connectivity index (χ2v) is 19.1. The molecule has 0 radical (unpaired) electrons. The van der Waals surface area contributed by atoms with Gasteiger partial charge in [0.2, 0.25) is 18.5 Å². The van der Waals surface area contributed by atoms with Gasteiger partial charge in [0.15, 0.2) is 11.5 Å². The Hall–Kier alpha value is -7.79. The van der Waals surface area contributed by atoms with Crippen molar-refractivity contribution in [1.82, 2.24) is 10.2 Å². The van der Waals surface area contributed by atoms with Crippen LogP contribution in [0.15, 0.2) is 157 Å². The Morgan fingerprint density at radius 2 is 1.57 bits per heavy atom. The number of nitrogens with zero attached hydrogens (tertiary/aromatic N) is 3. The Labute approximate surface area is 436 Å². The highest BCUT2D eigenvalue weighted by Crippen LogP contribution is 2.62. The monoisotopic (exact) mass is 1020 g/mol.